The first-order valence-electron chi connectivity index (χ1n) is 6.25. The molecule has 6 heteroatoms. The second kappa shape index (κ2) is 7.21. The first kappa shape index (κ1) is 14.7. The van der Waals surface area contributed by atoms with E-state index in [2.05, 4.69) is 15.3 Å². The third-order valence-electron chi connectivity index (χ3n) is 2.40. The van der Waals surface area contributed by atoms with E-state index in [0.29, 0.717) is 12.4 Å². The van der Waals surface area contributed by atoms with Crippen LogP contribution in [0, 0.1) is 5.82 Å². The van der Waals surface area contributed by atoms with Crippen molar-refractivity contribution in [3.63, 3.8) is 0 Å². The van der Waals surface area contributed by atoms with Crippen molar-refractivity contribution >= 4 is 17.6 Å². The van der Waals surface area contributed by atoms with E-state index in [-0.39, 0.29) is 5.82 Å². The number of ether oxygens (including phenoxy) is 1. The SMILES string of the molecule is CCNc1cc(Sc2cccc(F)c2)nc(COC)n1. The molecule has 0 radical (unpaired) electrons. The summed E-state index contributed by atoms with van der Waals surface area (Å²) < 4.78 is 18.3. The summed E-state index contributed by atoms with van der Waals surface area (Å²) in [7, 11) is 1.60. The molecular weight excluding hydrogens is 277 g/mol. The van der Waals surface area contributed by atoms with E-state index >= 15 is 0 Å². The zero-order valence-electron chi connectivity index (χ0n) is 11.4. The van der Waals surface area contributed by atoms with Crippen LogP contribution in [0.1, 0.15) is 12.7 Å². The van der Waals surface area contributed by atoms with Crippen molar-refractivity contribution < 1.29 is 9.13 Å². The van der Waals surface area contributed by atoms with Gasteiger partial charge in [0.15, 0.2) is 5.82 Å². The van der Waals surface area contributed by atoms with E-state index in [9.17, 15) is 4.39 Å². The van der Waals surface area contributed by atoms with Crippen molar-refractivity contribution in [1.29, 1.82) is 0 Å². The lowest BCUT2D eigenvalue weighted by atomic mass is 10.4. The second-order valence-corrected chi connectivity index (χ2v) is 5.12. The van der Waals surface area contributed by atoms with E-state index in [4.69, 9.17) is 4.74 Å². The molecule has 1 heterocycles. The molecule has 0 bridgehead atoms. The van der Waals surface area contributed by atoms with Gasteiger partial charge in [-0.1, -0.05) is 17.8 Å². The van der Waals surface area contributed by atoms with Crippen LogP contribution in [0.5, 0.6) is 0 Å². The lowest BCUT2D eigenvalue weighted by Crippen LogP contribution is -2.05. The van der Waals surface area contributed by atoms with E-state index < -0.39 is 0 Å². The van der Waals surface area contributed by atoms with Gasteiger partial charge in [0.1, 0.15) is 23.3 Å². The molecule has 0 amide bonds. The van der Waals surface area contributed by atoms with Crippen molar-refractivity contribution in [3.05, 3.63) is 42.0 Å². The van der Waals surface area contributed by atoms with Crippen LogP contribution in [0.25, 0.3) is 0 Å². The number of benzene rings is 1. The van der Waals surface area contributed by atoms with E-state index in [1.165, 1.54) is 23.9 Å². The Bertz CT molecular complexity index is 556. The third kappa shape index (κ3) is 4.18. The highest BCUT2D eigenvalue weighted by molar-refractivity contribution is 7.99. The van der Waals surface area contributed by atoms with Gasteiger partial charge in [-0.05, 0) is 25.1 Å². The zero-order valence-corrected chi connectivity index (χ0v) is 12.2. The van der Waals surface area contributed by atoms with E-state index in [0.717, 1.165) is 22.3 Å². The molecular formula is C14H16FN3OS. The van der Waals surface area contributed by atoms with Crippen molar-refractivity contribution in [3.8, 4) is 0 Å². The molecule has 1 aromatic heterocycles. The molecule has 0 aliphatic heterocycles. The van der Waals surface area contributed by atoms with Gasteiger partial charge >= 0.3 is 0 Å². The topological polar surface area (TPSA) is 47.0 Å². The number of halogens is 1. The van der Waals surface area contributed by atoms with Gasteiger partial charge < -0.3 is 10.1 Å². The summed E-state index contributed by atoms with van der Waals surface area (Å²) in [6.45, 7) is 3.11. The van der Waals surface area contributed by atoms with Crippen LogP contribution < -0.4 is 5.32 Å². The molecule has 1 N–H and O–H groups in total. The largest absolute Gasteiger partial charge is 0.377 e. The van der Waals surface area contributed by atoms with Crippen LogP contribution in [0.2, 0.25) is 0 Å². The number of anilines is 1. The van der Waals surface area contributed by atoms with Crippen molar-refractivity contribution in [2.24, 2.45) is 0 Å². The number of aromatic nitrogens is 2. The Morgan fingerprint density at radius 3 is 2.85 bits per heavy atom. The first-order valence-corrected chi connectivity index (χ1v) is 7.07. The van der Waals surface area contributed by atoms with Gasteiger partial charge in [-0.3, -0.25) is 0 Å². The van der Waals surface area contributed by atoms with Crippen molar-refractivity contribution in [2.75, 3.05) is 19.0 Å². The predicted molar refractivity (Wildman–Crippen MR) is 77.4 cm³/mol. The Labute approximate surface area is 121 Å². The third-order valence-corrected chi connectivity index (χ3v) is 3.31. The fraction of sp³-hybridized carbons (Fsp3) is 0.286. The van der Waals surface area contributed by atoms with Crippen LogP contribution in [-0.4, -0.2) is 23.6 Å². The molecule has 20 heavy (non-hydrogen) atoms. The maximum absolute atomic E-state index is 13.2. The number of hydrogen-bond acceptors (Lipinski definition) is 5. The molecule has 1 aromatic carbocycles. The van der Waals surface area contributed by atoms with Crippen LogP contribution in [0.3, 0.4) is 0 Å². The zero-order chi connectivity index (χ0) is 14.4. The highest BCUT2D eigenvalue weighted by atomic mass is 32.2. The highest BCUT2D eigenvalue weighted by Gasteiger charge is 2.06. The normalized spacial score (nSPS) is 10.6. The summed E-state index contributed by atoms with van der Waals surface area (Å²) in [6.07, 6.45) is 0. The van der Waals surface area contributed by atoms with Crippen LogP contribution in [0.4, 0.5) is 10.2 Å². The Balaban J connectivity index is 2.25. The Morgan fingerprint density at radius 2 is 2.15 bits per heavy atom. The summed E-state index contributed by atoms with van der Waals surface area (Å²) in [4.78, 5) is 9.53. The number of methoxy groups -OCH3 is 1. The Hall–Kier alpha value is -1.66. The average molecular weight is 293 g/mol. The summed E-state index contributed by atoms with van der Waals surface area (Å²) in [5.74, 6) is 1.09. The van der Waals surface area contributed by atoms with E-state index in [1.807, 2.05) is 19.1 Å². The molecule has 4 nitrogen and oxygen atoms in total. The van der Waals surface area contributed by atoms with Gasteiger partial charge in [0.05, 0.1) is 0 Å². The molecule has 106 valence electrons. The maximum atomic E-state index is 13.2. The number of rotatable bonds is 6. The summed E-state index contributed by atoms with van der Waals surface area (Å²) in [5.41, 5.74) is 0. The maximum Gasteiger partial charge on any atom is 0.157 e. The smallest absolute Gasteiger partial charge is 0.157 e. The van der Waals surface area contributed by atoms with Crippen molar-refractivity contribution in [2.45, 2.75) is 23.5 Å². The number of nitrogens with one attached hydrogen (secondary N) is 1. The van der Waals surface area contributed by atoms with Gasteiger partial charge in [0.2, 0.25) is 0 Å². The average Bonchev–Trinajstić information content (AvgIpc) is 2.39. The molecule has 0 saturated carbocycles. The quantitative estimate of drug-likeness (QED) is 0.828. The Morgan fingerprint density at radius 1 is 1.30 bits per heavy atom. The highest BCUT2D eigenvalue weighted by Crippen LogP contribution is 2.27. The molecule has 0 aliphatic carbocycles. The summed E-state index contributed by atoms with van der Waals surface area (Å²) in [6, 6.07) is 8.28. The van der Waals surface area contributed by atoms with Crippen molar-refractivity contribution in [1.82, 2.24) is 9.97 Å². The minimum atomic E-state index is -0.256. The monoisotopic (exact) mass is 293 g/mol. The second-order valence-electron chi connectivity index (χ2n) is 4.03. The van der Waals surface area contributed by atoms with Gasteiger partial charge in [-0.25, -0.2) is 14.4 Å². The fourth-order valence-corrected chi connectivity index (χ4v) is 2.52. The summed E-state index contributed by atoms with van der Waals surface area (Å²) >= 11 is 1.40. The van der Waals surface area contributed by atoms with Gasteiger partial charge in [-0.2, -0.15) is 0 Å². The summed E-state index contributed by atoms with van der Waals surface area (Å²) in [5, 5.41) is 3.91. The van der Waals surface area contributed by atoms with Gasteiger partial charge in [0.25, 0.3) is 0 Å². The number of hydrogen-bond donors (Lipinski definition) is 1. The molecule has 2 aromatic rings. The van der Waals surface area contributed by atoms with Crippen LogP contribution in [-0.2, 0) is 11.3 Å². The van der Waals surface area contributed by atoms with E-state index in [1.54, 1.807) is 13.2 Å². The molecule has 0 aliphatic rings. The lowest BCUT2D eigenvalue weighted by molar-refractivity contribution is 0.177. The minimum Gasteiger partial charge on any atom is -0.377 e. The molecule has 0 unspecified atom stereocenters. The van der Waals surface area contributed by atoms with Gasteiger partial charge in [0, 0.05) is 24.6 Å². The molecule has 0 spiro atoms. The first-order chi connectivity index (χ1) is 9.71. The lowest BCUT2D eigenvalue weighted by Gasteiger charge is -2.08. The predicted octanol–water partition coefficient (Wildman–Crippen LogP) is 3.35. The molecule has 0 atom stereocenters. The van der Waals surface area contributed by atoms with Crippen LogP contribution in [0.15, 0.2) is 40.3 Å². The van der Waals surface area contributed by atoms with Gasteiger partial charge in [-0.15, -0.1) is 0 Å². The standard InChI is InChI=1S/C14H16FN3OS/c1-3-16-12-8-14(18-13(17-12)9-19-2)20-11-6-4-5-10(15)7-11/h4-8H,3,9H2,1-2H3,(H,16,17,18). The molecule has 0 saturated heterocycles. The molecule has 2 rings (SSSR count). The fourth-order valence-electron chi connectivity index (χ4n) is 1.64. The Kier molecular flexibility index (Phi) is 5.31. The molecule has 0 fully saturated rings. The van der Waals surface area contributed by atoms with Crippen LogP contribution >= 0.6 is 11.8 Å². The number of nitrogens with zero attached hydrogens (tertiary/aromatic N) is 2. The minimum absolute atomic E-state index is 0.256.